The zero-order valence-electron chi connectivity index (χ0n) is 16.3. The Hall–Kier alpha value is -3.02. The van der Waals surface area contributed by atoms with Crippen LogP contribution < -0.4 is 15.1 Å². The van der Waals surface area contributed by atoms with E-state index in [4.69, 9.17) is 17.0 Å². The summed E-state index contributed by atoms with van der Waals surface area (Å²) < 4.78 is 39.2. The Morgan fingerprint density at radius 1 is 1.33 bits per heavy atom. The molecule has 0 saturated carbocycles. The molecule has 0 unspecified atom stereocenters. The molecule has 2 fully saturated rings. The minimum absolute atomic E-state index is 0.00253. The molecule has 0 aliphatic carbocycles. The molecular formula is C18H20F2N4O5S. The molecule has 1 aromatic carbocycles. The molecule has 2 aliphatic heterocycles. The number of nitrogens with zero attached hydrogens (tertiary/aromatic N) is 3. The van der Waals surface area contributed by atoms with Crippen molar-refractivity contribution in [2.45, 2.75) is 13.0 Å². The molecule has 162 valence electrons. The Morgan fingerprint density at radius 2 is 2.00 bits per heavy atom. The van der Waals surface area contributed by atoms with Crippen molar-refractivity contribution in [2.24, 2.45) is 0 Å². The highest BCUT2D eigenvalue weighted by Crippen LogP contribution is 2.32. The smallest absolute Gasteiger partial charge is 0.414 e. The number of amides is 2. The maximum atomic E-state index is 14.8. The van der Waals surface area contributed by atoms with Gasteiger partial charge < -0.3 is 24.6 Å². The van der Waals surface area contributed by atoms with Gasteiger partial charge in [-0.25, -0.2) is 13.6 Å². The van der Waals surface area contributed by atoms with E-state index in [0.29, 0.717) is 4.99 Å². The van der Waals surface area contributed by atoms with Crippen LogP contribution in [0.1, 0.15) is 6.92 Å². The third kappa shape index (κ3) is 4.58. The van der Waals surface area contributed by atoms with E-state index in [1.165, 1.54) is 12.0 Å². The number of benzene rings is 1. The van der Waals surface area contributed by atoms with E-state index in [1.54, 1.807) is 6.92 Å². The van der Waals surface area contributed by atoms with Crippen molar-refractivity contribution in [1.29, 1.82) is 0 Å². The van der Waals surface area contributed by atoms with E-state index in [9.17, 15) is 23.2 Å². The highest BCUT2D eigenvalue weighted by atomic mass is 32.1. The van der Waals surface area contributed by atoms with E-state index in [-0.39, 0.29) is 38.5 Å². The fraction of sp³-hybridized carbons (Fsp3) is 0.444. The number of rotatable bonds is 6. The van der Waals surface area contributed by atoms with Crippen molar-refractivity contribution in [3.63, 3.8) is 0 Å². The van der Waals surface area contributed by atoms with E-state index in [0.717, 1.165) is 21.9 Å². The minimum Gasteiger partial charge on any atom is -0.468 e. The summed E-state index contributed by atoms with van der Waals surface area (Å²) in [6.07, 6.45) is -1.25. The zero-order valence-corrected chi connectivity index (χ0v) is 17.1. The lowest BCUT2D eigenvalue weighted by Crippen LogP contribution is -2.33. The number of hydrogen-bond acceptors (Lipinski definition) is 7. The van der Waals surface area contributed by atoms with Crippen LogP contribution in [0.5, 0.6) is 0 Å². The van der Waals surface area contributed by atoms with Crippen LogP contribution >= 0.6 is 12.2 Å². The van der Waals surface area contributed by atoms with Gasteiger partial charge in [-0.1, -0.05) is 12.2 Å². The van der Waals surface area contributed by atoms with E-state index < -0.39 is 41.4 Å². The van der Waals surface area contributed by atoms with Crippen molar-refractivity contribution in [1.82, 2.24) is 10.2 Å². The highest BCUT2D eigenvalue weighted by molar-refractivity contribution is 7.80. The van der Waals surface area contributed by atoms with Crippen molar-refractivity contribution < 1.29 is 32.6 Å². The SMILES string of the molecule is COC(=O)CN1CN(c2c(F)cc(N3C[C@H](CNC(C)=S)OC3=O)cc2F)CC1=O. The lowest BCUT2D eigenvalue weighted by Gasteiger charge is -2.21. The van der Waals surface area contributed by atoms with Gasteiger partial charge in [0.15, 0.2) is 11.6 Å². The first-order chi connectivity index (χ1) is 14.2. The van der Waals surface area contributed by atoms with Crippen LogP contribution in [-0.2, 0) is 19.1 Å². The summed E-state index contributed by atoms with van der Waals surface area (Å²) in [5, 5.41) is 2.88. The van der Waals surface area contributed by atoms with Crippen LogP contribution in [-0.4, -0.2) is 73.9 Å². The Morgan fingerprint density at radius 3 is 2.60 bits per heavy atom. The number of carbonyl (C=O) groups is 3. The maximum Gasteiger partial charge on any atom is 0.414 e. The minimum atomic E-state index is -0.943. The van der Waals surface area contributed by atoms with E-state index in [1.807, 2.05) is 0 Å². The Labute approximate surface area is 176 Å². The molecule has 0 bridgehead atoms. The first-order valence-electron chi connectivity index (χ1n) is 9.00. The molecule has 1 N–H and O–H groups in total. The Kier molecular flexibility index (Phi) is 6.34. The molecule has 1 aromatic rings. The zero-order chi connectivity index (χ0) is 22.0. The van der Waals surface area contributed by atoms with Gasteiger partial charge >= 0.3 is 12.1 Å². The standard InChI is InChI=1S/C18H20F2N4O5S/c1-10(30)21-5-12-6-24(18(27)29-12)11-3-13(19)17(14(20)4-11)23-7-15(25)22(9-23)8-16(26)28-2/h3-4,12H,5-9H2,1-2H3,(H,21,30)/t12-/m0/s1. The number of halogens is 2. The van der Waals surface area contributed by atoms with Crippen LogP contribution in [0.4, 0.5) is 25.0 Å². The van der Waals surface area contributed by atoms with Gasteiger partial charge in [-0.15, -0.1) is 0 Å². The van der Waals surface area contributed by atoms with E-state index in [2.05, 4.69) is 10.1 Å². The average Bonchev–Trinajstić information content (AvgIpc) is 3.21. The lowest BCUT2D eigenvalue weighted by molar-refractivity contribution is -0.145. The fourth-order valence-electron chi connectivity index (χ4n) is 3.21. The van der Waals surface area contributed by atoms with Crippen molar-refractivity contribution >= 4 is 46.6 Å². The summed E-state index contributed by atoms with van der Waals surface area (Å²) in [5.41, 5.74) is -0.418. The number of methoxy groups -OCH3 is 1. The molecule has 3 rings (SSSR count). The fourth-order valence-corrected chi connectivity index (χ4v) is 3.30. The number of ether oxygens (including phenoxy) is 2. The molecule has 30 heavy (non-hydrogen) atoms. The summed E-state index contributed by atoms with van der Waals surface area (Å²) in [5.74, 6) is -2.99. The molecule has 2 saturated heterocycles. The van der Waals surface area contributed by atoms with Crippen LogP contribution in [0.15, 0.2) is 12.1 Å². The monoisotopic (exact) mass is 442 g/mol. The first-order valence-corrected chi connectivity index (χ1v) is 9.41. The molecule has 2 heterocycles. The maximum absolute atomic E-state index is 14.8. The Balaban J connectivity index is 1.75. The van der Waals surface area contributed by atoms with Gasteiger partial charge in [-0.3, -0.25) is 14.5 Å². The summed E-state index contributed by atoms with van der Waals surface area (Å²) in [6.45, 7) is 1.29. The van der Waals surface area contributed by atoms with Crippen molar-refractivity contribution in [3.8, 4) is 0 Å². The number of thiocarbonyl (C=S) groups is 1. The number of nitrogens with one attached hydrogen (secondary N) is 1. The predicted octanol–water partition coefficient (Wildman–Crippen LogP) is 1.01. The molecule has 0 radical (unpaired) electrons. The average molecular weight is 442 g/mol. The third-order valence-electron chi connectivity index (χ3n) is 4.65. The summed E-state index contributed by atoms with van der Waals surface area (Å²) in [6, 6.07) is 2.01. The molecule has 1 atom stereocenters. The van der Waals surface area contributed by atoms with Crippen LogP contribution in [0, 0.1) is 11.6 Å². The molecule has 12 heteroatoms. The largest absolute Gasteiger partial charge is 0.468 e. The number of anilines is 2. The van der Waals surface area contributed by atoms with E-state index >= 15 is 0 Å². The van der Waals surface area contributed by atoms with Gasteiger partial charge in [0.25, 0.3) is 0 Å². The van der Waals surface area contributed by atoms with Gasteiger partial charge in [0.2, 0.25) is 5.91 Å². The number of carbonyl (C=O) groups excluding carboxylic acids is 3. The lowest BCUT2D eigenvalue weighted by atomic mass is 10.2. The number of cyclic esters (lactones) is 1. The molecule has 9 nitrogen and oxygen atoms in total. The van der Waals surface area contributed by atoms with Crippen LogP contribution in [0.3, 0.4) is 0 Å². The second-order valence-corrected chi connectivity index (χ2v) is 7.43. The van der Waals surface area contributed by atoms with Crippen molar-refractivity contribution in [2.75, 3.05) is 49.8 Å². The number of esters is 1. The molecule has 0 aromatic heterocycles. The Bertz CT molecular complexity index is 876. The summed E-state index contributed by atoms with van der Waals surface area (Å²) >= 11 is 4.91. The summed E-state index contributed by atoms with van der Waals surface area (Å²) in [7, 11) is 1.18. The highest BCUT2D eigenvalue weighted by Gasteiger charge is 2.35. The quantitative estimate of drug-likeness (QED) is 0.516. The van der Waals surface area contributed by atoms with Gasteiger partial charge in [0.1, 0.15) is 18.3 Å². The van der Waals surface area contributed by atoms with Gasteiger partial charge in [0.05, 0.1) is 44.1 Å². The second kappa shape index (κ2) is 8.78. The normalized spacial score (nSPS) is 18.7. The van der Waals surface area contributed by atoms with Gasteiger partial charge in [0, 0.05) is 12.1 Å². The topological polar surface area (TPSA) is 91.4 Å². The third-order valence-corrected chi connectivity index (χ3v) is 4.79. The van der Waals surface area contributed by atoms with Crippen LogP contribution in [0.2, 0.25) is 0 Å². The molecule has 2 aliphatic rings. The molecule has 2 amide bonds. The first kappa shape index (κ1) is 21.7. The van der Waals surface area contributed by atoms with Crippen molar-refractivity contribution in [3.05, 3.63) is 23.8 Å². The molecular weight excluding hydrogens is 422 g/mol. The molecule has 0 spiro atoms. The predicted molar refractivity (Wildman–Crippen MR) is 106 cm³/mol. The van der Waals surface area contributed by atoms with Gasteiger partial charge in [-0.05, 0) is 6.92 Å². The number of hydrogen-bond donors (Lipinski definition) is 1. The second-order valence-electron chi connectivity index (χ2n) is 6.82. The summed E-state index contributed by atoms with van der Waals surface area (Å²) in [4.78, 5) is 39.5. The van der Waals surface area contributed by atoms with Gasteiger partial charge in [-0.2, -0.15) is 0 Å². The van der Waals surface area contributed by atoms with Crippen LogP contribution in [0.25, 0.3) is 0 Å².